The summed E-state index contributed by atoms with van der Waals surface area (Å²) in [4.78, 5) is 24.7. The van der Waals surface area contributed by atoms with Gasteiger partial charge in [0.25, 0.3) is 0 Å². The molecule has 0 spiro atoms. The van der Waals surface area contributed by atoms with Crippen molar-refractivity contribution in [3.63, 3.8) is 0 Å². The standard InChI is InChI=1S/C11H8N4O2/c16-11(17)8-5-14-10(15-8)7-4-13-9-6(7)2-1-3-12-9/h1-5H,(H,12,13)(H,14,15)(H,16,17). The summed E-state index contributed by atoms with van der Waals surface area (Å²) in [5.41, 5.74) is 1.55. The molecular formula is C11H8N4O2. The molecule has 0 atom stereocenters. The Morgan fingerprint density at radius 1 is 1.29 bits per heavy atom. The maximum absolute atomic E-state index is 10.7. The highest BCUT2D eigenvalue weighted by Gasteiger charge is 2.12. The first-order valence-electron chi connectivity index (χ1n) is 4.97. The number of hydrogen-bond acceptors (Lipinski definition) is 3. The summed E-state index contributed by atoms with van der Waals surface area (Å²) in [6.07, 6.45) is 4.81. The number of nitrogens with one attached hydrogen (secondary N) is 2. The molecule has 0 fully saturated rings. The van der Waals surface area contributed by atoms with E-state index in [-0.39, 0.29) is 5.69 Å². The molecule has 6 nitrogen and oxygen atoms in total. The zero-order chi connectivity index (χ0) is 11.8. The van der Waals surface area contributed by atoms with Crippen molar-refractivity contribution in [2.75, 3.05) is 0 Å². The van der Waals surface area contributed by atoms with Gasteiger partial charge in [-0.15, -0.1) is 0 Å². The second kappa shape index (κ2) is 3.44. The largest absolute Gasteiger partial charge is 0.476 e. The van der Waals surface area contributed by atoms with Crippen LogP contribution in [0.1, 0.15) is 10.5 Å². The second-order valence-corrected chi connectivity index (χ2v) is 3.54. The lowest BCUT2D eigenvalue weighted by molar-refractivity contribution is 0.0691. The molecule has 0 aliphatic carbocycles. The summed E-state index contributed by atoms with van der Waals surface area (Å²) >= 11 is 0. The van der Waals surface area contributed by atoms with Crippen molar-refractivity contribution in [1.82, 2.24) is 19.9 Å². The lowest BCUT2D eigenvalue weighted by Crippen LogP contribution is -1.95. The molecule has 84 valence electrons. The van der Waals surface area contributed by atoms with Gasteiger partial charge in [-0.1, -0.05) is 0 Å². The summed E-state index contributed by atoms with van der Waals surface area (Å²) in [6, 6.07) is 3.72. The maximum atomic E-state index is 10.7. The van der Waals surface area contributed by atoms with Crippen LogP contribution in [0, 0.1) is 0 Å². The number of aromatic nitrogens is 4. The van der Waals surface area contributed by atoms with Gasteiger partial charge in [-0.3, -0.25) is 0 Å². The van der Waals surface area contributed by atoms with Crippen LogP contribution in [0.2, 0.25) is 0 Å². The van der Waals surface area contributed by atoms with Gasteiger partial charge in [-0.2, -0.15) is 0 Å². The van der Waals surface area contributed by atoms with Crippen LogP contribution >= 0.6 is 0 Å². The Labute approximate surface area is 95.3 Å². The number of nitrogens with zero attached hydrogens (tertiary/aromatic N) is 2. The zero-order valence-electron chi connectivity index (χ0n) is 8.64. The summed E-state index contributed by atoms with van der Waals surface area (Å²) in [7, 11) is 0. The molecule has 0 aliphatic heterocycles. The number of aromatic amines is 2. The van der Waals surface area contributed by atoms with Crippen molar-refractivity contribution in [2.24, 2.45) is 0 Å². The number of carboxylic acid groups (broad SMARTS) is 1. The third kappa shape index (κ3) is 1.46. The first kappa shape index (κ1) is 9.59. The number of fused-ring (bicyclic) bond motifs is 1. The zero-order valence-corrected chi connectivity index (χ0v) is 8.64. The summed E-state index contributed by atoms with van der Waals surface area (Å²) in [5, 5.41) is 9.71. The molecule has 0 saturated heterocycles. The maximum Gasteiger partial charge on any atom is 0.356 e. The van der Waals surface area contributed by atoms with Gasteiger partial charge < -0.3 is 15.1 Å². The Balaban J connectivity index is 2.17. The normalized spacial score (nSPS) is 10.8. The van der Waals surface area contributed by atoms with Gasteiger partial charge in [-0.05, 0) is 12.1 Å². The number of H-pyrrole nitrogens is 2. The SMILES string of the molecule is O=C(O)c1c[nH]c(-c2c[nH]c3ncccc23)n1. The van der Waals surface area contributed by atoms with E-state index in [0.29, 0.717) is 5.82 Å². The monoisotopic (exact) mass is 228 g/mol. The molecule has 17 heavy (non-hydrogen) atoms. The third-order valence-electron chi connectivity index (χ3n) is 2.50. The van der Waals surface area contributed by atoms with Crippen molar-refractivity contribution < 1.29 is 9.90 Å². The predicted octanol–water partition coefficient (Wildman–Crippen LogP) is 1.65. The molecule has 0 aliphatic rings. The van der Waals surface area contributed by atoms with Crippen molar-refractivity contribution >= 4 is 17.0 Å². The van der Waals surface area contributed by atoms with Gasteiger partial charge in [0.2, 0.25) is 0 Å². The molecule has 0 radical (unpaired) electrons. The topological polar surface area (TPSA) is 94.7 Å². The summed E-state index contributed by atoms with van der Waals surface area (Å²) in [6.45, 7) is 0. The number of imidazole rings is 1. The molecule has 3 N–H and O–H groups in total. The predicted molar refractivity (Wildman–Crippen MR) is 60.6 cm³/mol. The van der Waals surface area contributed by atoms with E-state index >= 15 is 0 Å². The molecule has 3 rings (SSSR count). The lowest BCUT2D eigenvalue weighted by atomic mass is 10.2. The van der Waals surface area contributed by atoms with Crippen molar-refractivity contribution in [1.29, 1.82) is 0 Å². The number of rotatable bonds is 2. The number of carbonyl (C=O) groups is 1. The van der Waals surface area contributed by atoms with E-state index < -0.39 is 5.97 Å². The molecule has 0 amide bonds. The van der Waals surface area contributed by atoms with Gasteiger partial charge in [0.1, 0.15) is 11.5 Å². The molecule has 3 aromatic heterocycles. The first-order valence-corrected chi connectivity index (χ1v) is 4.97. The molecule has 0 bridgehead atoms. The van der Waals surface area contributed by atoms with Gasteiger partial charge in [0.15, 0.2) is 5.69 Å². The Morgan fingerprint density at radius 3 is 2.94 bits per heavy atom. The molecule has 3 heterocycles. The fourth-order valence-corrected chi connectivity index (χ4v) is 1.72. The Morgan fingerprint density at radius 2 is 2.18 bits per heavy atom. The molecular weight excluding hydrogens is 220 g/mol. The van der Waals surface area contributed by atoms with Gasteiger partial charge >= 0.3 is 5.97 Å². The smallest absolute Gasteiger partial charge is 0.356 e. The number of aromatic carboxylic acids is 1. The van der Waals surface area contributed by atoms with Crippen molar-refractivity contribution in [2.45, 2.75) is 0 Å². The van der Waals surface area contributed by atoms with E-state index in [2.05, 4.69) is 19.9 Å². The fraction of sp³-hybridized carbons (Fsp3) is 0. The highest BCUT2D eigenvalue weighted by atomic mass is 16.4. The van der Waals surface area contributed by atoms with Crippen LogP contribution in [-0.4, -0.2) is 31.0 Å². The van der Waals surface area contributed by atoms with Crippen LogP contribution in [0.15, 0.2) is 30.7 Å². The summed E-state index contributed by atoms with van der Waals surface area (Å²) in [5.74, 6) is -0.535. The van der Waals surface area contributed by atoms with Crippen molar-refractivity contribution in [3.05, 3.63) is 36.4 Å². The second-order valence-electron chi connectivity index (χ2n) is 3.54. The summed E-state index contributed by atoms with van der Waals surface area (Å²) < 4.78 is 0. The van der Waals surface area contributed by atoms with Gasteiger partial charge in [0.05, 0.1) is 0 Å². The van der Waals surface area contributed by atoms with Crippen LogP contribution in [0.3, 0.4) is 0 Å². The number of pyridine rings is 1. The Bertz CT molecular complexity index is 698. The minimum atomic E-state index is -1.05. The minimum absolute atomic E-state index is 0.00163. The van der Waals surface area contributed by atoms with E-state index in [1.54, 1.807) is 12.4 Å². The highest BCUT2D eigenvalue weighted by Crippen LogP contribution is 2.24. The number of carboxylic acids is 1. The average Bonchev–Trinajstić information content (AvgIpc) is 2.95. The van der Waals surface area contributed by atoms with Crippen LogP contribution in [0.25, 0.3) is 22.4 Å². The molecule has 6 heteroatoms. The molecule has 0 aromatic carbocycles. The first-order chi connectivity index (χ1) is 8.25. The lowest BCUT2D eigenvalue weighted by Gasteiger charge is -1.92. The third-order valence-corrected chi connectivity index (χ3v) is 2.50. The van der Waals surface area contributed by atoms with E-state index in [1.165, 1.54) is 6.20 Å². The van der Waals surface area contributed by atoms with Gasteiger partial charge in [0, 0.05) is 29.5 Å². The Kier molecular flexibility index (Phi) is 1.94. The van der Waals surface area contributed by atoms with E-state index in [4.69, 9.17) is 5.11 Å². The van der Waals surface area contributed by atoms with Crippen LogP contribution in [0.4, 0.5) is 0 Å². The van der Waals surface area contributed by atoms with Gasteiger partial charge in [-0.25, -0.2) is 14.8 Å². The van der Waals surface area contributed by atoms with E-state index in [9.17, 15) is 4.79 Å². The van der Waals surface area contributed by atoms with Crippen molar-refractivity contribution in [3.8, 4) is 11.4 Å². The number of hydrogen-bond donors (Lipinski definition) is 3. The molecule has 0 saturated carbocycles. The van der Waals surface area contributed by atoms with E-state index in [1.807, 2.05) is 12.1 Å². The van der Waals surface area contributed by atoms with Crippen LogP contribution < -0.4 is 0 Å². The van der Waals surface area contributed by atoms with E-state index in [0.717, 1.165) is 16.6 Å². The highest BCUT2D eigenvalue weighted by molar-refractivity contribution is 5.92. The van der Waals surface area contributed by atoms with Crippen LogP contribution in [0.5, 0.6) is 0 Å². The molecule has 0 unspecified atom stereocenters. The minimum Gasteiger partial charge on any atom is -0.476 e. The average molecular weight is 228 g/mol. The van der Waals surface area contributed by atoms with Crippen LogP contribution in [-0.2, 0) is 0 Å². The quantitative estimate of drug-likeness (QED) is 0.621. The Hall–Kier alpha value is -2.63. The fourth-order valence-electron chi connectivity index (χ4n) is 1.72. The molecule has 3 aromatic rings.